The summed E-state index contributed by atoms with van der Waals surface area (Å²) in [5.41, 5.74) is 14.3. The molecule has 5 aromatic carbocycles. The van der Waals surface area contributed by atoms with E-state index in [9.17, 15) is 53.0 Å². The summed E-state index contributed by atoms with van der Waals surface area (Å²) in [5.74, 6) is -6.41. The second-order valence-corrected chi connectivity index (χ2v) is 22.2. The van der Waals surface area contributed by atoms with Crippen molar-refractivity contribution >= 4 is 74.9 Å². The third-order valence-corrected chi connectivity index (χ3v) is 15.2. The van der Waals surface area contributed by atoms with E-state index in [0.717, 1.165) is 21.7 Å². The average Bonchev–Trinajstić information content (AvgIpc) is 2.53. The molecule has 7 rings (SSSR count). The molecule has 0 saturated carbocycles. The minimum absolute atomic E-state index is 0.0294. The largest absolute Gasteiger partial charge is 0.508 e. The van der Waals surface area contributed by atoms with Crippen LogP contribution in [0.2, 0.25) is 0 Å². The van der Waals surface area contributed by atoms with E-state index in [1.54, 1.807) is 25.3 Å². The highest BCUT2D eigenvalue weighted by Gasteiger charge is 2.39. The minimum Gasteiger partial charge on any atom is -0.508 e. The molecular weight excluding hydrogens is 1120 g/mol. The van der Waals surface area contributed by atoms with Crippen LogP contribution in [-0.4, -0.2) is 142 Å². The Labute approximate surface area is 504 Å². The van der Waals surface area contributed by atoms with E-state index in [2.05, 4.69) is 47.2 Å². The smallest absolute Gasteiger partial charge is 0.245 e. The lowest BCUT2D eigenvalue weighted by Gasteiger charge is -2.30. The fourth-order valence-corrected chi connectivity index (χ4v) is 10.7. The van der Waals surface area contributed by atoms with Crippen LogP contribution in [0.4, 0.5) is 4.39 Å². The number of benzene rings is 5. The summed E-state index contributed by atoms with van der Waals surface area (Å²) in [7, 11) is 0. The van der Waals surface area contributed by atoms with Gasteiger partial charge in [-0.3, -0.25) is 43.3 Å². The van der Waals surface area contributed by atoms with Gasteiger partial charge in [-0.15, -0.1) is 0 Å². The molecule has 0 unspecified atom stereocenters. The normalized spacial score (nSPS) is 15.1. The number of likely N-dealkylation sites (tertiary alicyclic amines) is 1. The first-order chi connectivity index (χ1) is 41.8. The Morgan fingerprint density at radius 3 is 1.92 bits per heavy atom. The van der Waals surface area contributed by atoms with Crippen LogP contribution in [0.1, 0.15) is 81.5 Å². The van der Waals surface area contributed by atoms with Crippen molar-refractivity contribution < 1.29 is 53.0 Å². The van der Waals surface area contributed by atoms with Gasteiger partial charge in [0, 0.05) is 62.4 Å². The summed E-state index contributed by atoms with van der Waals surface area (Å²) in [6.45, 7) is 5.28. The number of fused-ring (bicyclic) bond motifs is 2. The molecule has 1 aliphatic heterocycles. The first-order valence-electron chi connectivity index (χ1n) is 29.4. The molecule has 6 aromatic rings. The second kappa shape index (κ2) is 31.7. The summed E-state index contributed by atoms with van der Waals surface area (Å²) in [4.78, 5) is 123. The molecular formula is C64H79FN12O10. The number of carbonyl (C=O) groups is 8. The number of carbonyl (C=O) groups excluding carboxylic acids is 8. The molecule has 1 fully saturated rings. The second-order valence-electron chi connectivity index (χ2n) is 22.2. The van der Waals surface area contributed by atoms with Crippen molar-refractivity contribution in [3.63, 3.8) is 0 Å². The molecule has 0 radical (unpaired) electrons. The maximum Gasteiger partial charge on any atom is 0.245 e. The Bertz CT molecular complexity index is 3380. The number of phenols is 1. The maximum absolute atomic E-state index is 15.0. The zero-order chi connectivity index (χ0) is 62.6. The number of aromatic nitrogens is 1. The van der Waals surface area contributed by atoms with Crippen molar-refractivity contribution in [2.75, 3.05) is 26.2 Å². The minimum atomic E-state index is -1.69. The van der Waals surface area contributed by atoms with E-state index < -0.39 is 96.1 Å². The molecule has 14 N–H and O–H groups in total. The number of nitrogens with one attached hydrogen (secondary N) is 8. The van der Waals surface area contributed by atoms with Crippen LogP contribution in [0.15, 0.2) is 126 Å². The number of H-pyrrole nitrogens is 1. The van der Waals surface area contributed by atoms with Gasteiger partial charge in [0.15, 0.2) is 5.96 Å². The van der Waals surface area contributed by atoms with E-state index in [1.165, 1.54) is 41.3 Å². The Hall–Kier alpha value is -9.38. The number of para-hydroxylation sites is 1. The van der Waals surface area contributed by atoms with Gasteiger partial charge in [0.1, 0.15) is 53.9 Å². The Morgan fingerprint density at radius 2 is 1.24 bits per heavy atom. The SMILES string of the molecule is CCNC(=O)[C@@H]1CCCN1C(=O)[C@H](CCCN=C(N)N)NC(=O)[C@H](CC(C)C)NC(=O)[C@@H](Cc1c[nH]c2ccccc12)NC(=O)[C@H](Cc1ccc(O)cc1)NC(=O)[C@H](CO)NC(=O)[C@H](Cc1cccc2ccccc12)NC(=O)CCc1ccc(F)cc1. The monoisotopic (exact) mass is 1190 g/mol. The number of rotatable bonds is 30. The van der Waals surface area contributed by atoms with E-state index in [-0.39, 0.29) is 88.0 Å². The number of aliphatic imine (C=N–C) groups is 1. The number of aromatic amines is 1. The predicted molar refractivity (Wildman–Crippen MR) is 328 cm³/mol. The van der Waals surface area contributed by atoms with E-state index in [4.69, 9.17) is 11.5 Å². The Balaban J connectivity index is 1.14. The molecule has 1 saturated heterocycles. The summed E-state index contributed by atoms with van der Waals surface area (Å²) >= 11 is 0. The van der Waals surface area contributed by atoms with Crippen LogP contribution in [-0.2, 0) is 64.0 Å². The number of guanidine groups is 1. The topological polar surface area (TPSA) is 345 Å². The number of aliphatic hydroxyl groups is 1. The molecule has 23 heteroatoms. The number of hydrogen-bond donors (Lipinski definition) is 12. The molecule has 0 bridgehead atoms. The quantitative estimate of drug-likeness (QED) is 0.0176. The summed E-state index contributed by atoms with van der Waals surface area (Å²) in [5, 5.41) is 42.7. The number of aliphatic hydroxyl groups excluding tert-OH is 1. The van der Waals surface area contributed by atoms with Gasteiger partial charge in [-0.2, -0.15) is 0 Å². The summed E-state index contributed by atoms with van der Waals surface area (Å²) < 4.78 is 13.7. The van der Waals surface area contributed by atoms with E-state index in [0.29, 0.717) is 41.6 Å². The van der Waals surface area contributed by atoms with Crippen molar-refractivity contribution in [1.29, 1.82) is 0 Å². The number of aromatic hydroxyl groups is 1. The highest BCUT2D eigenvalue weighted by Crippen LogP contribution is 2.24. The third-order valence-electron chi connectivity index (χ3n) is 15.2. The molecule has 87 heavy (non-hydrogen) atoms. The highest BCUT2D eigenvalue weighted by molar-refractivity contribution is 5.99. The van der Waals surface area contributed by atoms with Crippen LogP contribution in [0, 0.1) is 11.7 Å². The zero-order valence-corrected chi connectivity index (χ0v) is 49.2. The fourth-order valence-electron chi connectivity index (χ4n) is 10.7. The van der Waals surface area contributed by atoms with Gasteiger partial charge in [-0.1, -0.05) is 98.8 Å². The molecule has 0 aliphatic carbocycles. The predicted octanol–water partition coefficient (Wildman–Crippen LogP) is 2.95. The zero-order valence-electron chi connectivity index (χ0n) is 49.2. The number of hydrogen-bond acceptors (Lipinski definition) is 11. The number of phenolic OH excluding ortho intramolecular Hbond substituents is 1. The van der Waals surface area contributed by atoms with Gasteiger partial charge in [-0.05, 0) is 115 Å². The van der Waals surface area contributed by atoms with Crippen LogP contribution >= 0.6 is 0 Å². The number of halogens is 1. The number of nitrogens with two attached hydrogens (primary N) is 2. The van der Waals surface area contributed by atoms with E-state index >= 15 is 0 Å². The van der Waals surface area contributed by atoms with Gasteiger partial charge < -0.3 is 68.8 Å². The molecule has 22 nitrogen and oxygen atoms in total. The molecule has 0 spiro atoms. The van der Waals surface area contributed by atoms with Crippen molar-refractivity contribution in [1.82, 2.24) is 47.1 Å². The molecule has 1 aromatic heterocycles. The average molecular weight is 1200 g/mol. The van der Waals surface area contributed by atoms with Crippen molar-refractivity contribution in [2.24, 2.45) is 22.4 Å². The lowest BCUT2D eigenvalue weighted by molar-refractivity contribution is -0.142. The summed E-state index contributed by atoms with van der Waals surface area (Å²) in [6.07, 6.45) is 2.88. The van der Waals surface area contributed by atoms with Gasteiger partial charge >= 0.3 is 0 Å². The van der Waals surface area contributed by atoms with Crippen molar-refractivity contribution in [3.05, 3.63) is 150 Å². The summed E-state index contributed by atoms with van der Waals surface area (Å²) in [6, 6.07) is 22.7. The van der Waals surface area contributed by atoms with Crippen LogP contribution in [0.3, 0.4) is 0 Å². The number of aryl methyl sites for hydroxylation is 1. The molecule has 7 atom stereocenters. The number of likely N-dealkylation sites (N-methyl/N-ethyl adjacent to an activating group) is 1. The van der Waals surface area contributed by atoms with Gasteiger partial charge in [-0.25, -0.2) is 4.39 Å². The lowest BCUT2D eigenvalue weighted by Crippen LogP contribution is -2.61. The maximum atomic E-state index is 15.0. The van der Waals surface area contributed by atoms with Crippen molar-refractivity contribution in [3.8, 4) is 5.75 Å². The molecule has 462 valence electrons. The lowest BCUT2D eigenvalue weighted by atomic mass is 9.98. The Morgan fingerprint density at radius 1 is 0.667 bits per heavy atom. The first kappa shape index (κ1) is 65.2. The number of amides is 8. The van der Waals surface area contributed by atoms with Crippen LogP contribution < -0.4 is 48.7 Å². The fraction of sp³-hybridized carbons (Fsp3) is 0.391. The molecule has 8 amide bonds. The van der Waals surface area contributed by atoms with Crippen LogP contribution in [0.5, 0.6) is 5.75 Å². The van der Waals surface area contributed by atoms with Gasteiger partial charge in [0.05, 0.1) is 6.61 Å². The molecule has 1 aliphatic rings. The van der Waals surface area contributed by atoms with Gasteiger partial charge in [0.25, 0.3) is 0 Å². The van der Waals surface area contributed by atoms with Gasteiger partial charge in [0.2, 0.25) is 47.3 Å². The van der Waals surface area contributed by atoms with Crippen LogP contribution in [0.25, 0.3) is 21.7 Å². The number of nitrogens with zero attached hydrogens (tertiary/aromatic N) is 2. The molecule has 2 heterocycles. The highest BCUT2D eigenvalue weighted by atomic mass is 19.1. The standard InChI is InChI=1S/C64H79FN12O10/c1-4-68-62(86)55-19-11-31-77(55)63(87)49(18-10-30-69-64(66)67)72-57(81)50(32-38(2)3)73-60(84)53(35-43-36-70-48-17-8-7-16-47(43)48)75-58(82)51(33-40-22-27-45(79)28-23-40)74-61(85)54(37-78)76-59(83)52(34-42-14-9-13-41-12-5-6-15-46(41)42)71-56(80)29-24-39-20-25-44(65)26-21-39/h5-9,12-17,20-23,25-28,36,38,49-55,70,78-79H,4,10-11,18-19,24,29-35,37H2,1-3H3,(H,68,86)(H,71,80)(H,72,81)(H,73,84)(H,74,85)(H,75,82)(H,76,83)(H4,66,67,69)/t49-,50-,51-,52-,53+,54-,55-/m0/s1. The van der Waals surface area contributed by atoms with Crippen molar-refractivity contribution in [2.45, 2.75) is 127 Å². The third kappa shape index (κ3) is 18.8. The Kier molecular flexibility index (Phi) is 23.7. The van der Waals surface area contributed by atoms with E-state index in [1.807, 2.05) is 80.6 Å². The first-order valence-corrected chi connectivity index (χ1v) is 29.4.